The molecule has 0 unspecified atom stereocenters. The predicted molar refractivity (Wildman–Crippen MR) is 101 cm³/mol. The van der Waals surface area contributed by atoms with Crippen molar-refractivity contribution in [3.8, 4) is 0 Å². The van der Waals surface area contributed by atoms with Crippen molar-refractivity contribution < 1.29 is 26.4 Å². The number of hydrogen-bond donors (Lipinski definition) is 2. The van der Waals surface area contributed by atoms with Crippen molar-refractivity contribution in [3.63, 3.8) is 0 Å². The Morgan fingerprint density at radius 2 is 2.00 bits per heavy atom. The lowest BCUT2D eigenvalue weighted by Crippen LogP contribution is -2.34. The molecule has 12 heteroatoms. The number of alkyl halides is 3. The van der Waals surface area contributed by atoms with Crippen LogP contribution in [-0.4, -0.2) is 25.9 Å². The highest BCUT2D eigenvalue weighted by Crippen LogP contribution is 2.32. The minimum Gasteiger partial charge on any atom is -0.312 e. The Hall–Kier alpha value is -2.37. The molecular weight excluding hydrogens is 433 g/mol. The molecule has 29 heavy (non-hydrogen) atoms. The monoisotopic (exact) mass is 448 g/mol. The Balaban J connectivity index is 1.79. The van der Waals surface area contributed by atoms with E-state index < -0.39 is 26.8 Å². The number of carbonyl (C=O) groups is 1. The molecule has 1 amide bonds. The van der Waals surface area contributed by atoms with Gasteiger partial charge >= 0.3 is 6.18 Å². The number of pyridine rings is 1. The molecule has 0 bridgehead atoms. The number of hydrazine groups is 1. The molecule has 1 aromatic carbocycles. The molecule has 2 N–H and O–H groups in total. The molecular formula is C17H16ClF3N4O3S. The first-order chi connectivity index (χ1) is 13.5. The zero-order valence-corrected chi connectivity index (χ0v) is 16.6. The van der Waals surface area contributed by atoms with Gasteiger partial charge in [-0.3, -0.25) is 10.2 Å². The zero-order chi connectivity index (χ0) is 21.4. The van der Waals surface area contributed by atoms with Crippen molar-refractivity contribution >= 4 is 39.0 Å². The van der Waals surface area contributed by atoms with Crippen LogP contribution in [0, 0.1) is 0 Å². The maximum atomic E-state index is 12.7. The number of sulfonamides is 1. The van der Waals surface area contributed by atoms with Gasteiger partial charge in [0.05, 0.1) is 15.5 Å². The highest BCUT2D eigenvalue weighted by atomic mass is 35.5. The summed E-state index contributed by atoms with van der Waals surface area (Å²) < 4.78 is 63.0. The summed E-state index contributed by atoms with van der Waals surface area (Å²) in [6.07, 6.45) is -2.77. The second-order valence-electron chi connectivity index (χ2n) is 6.35. The smallest absolute Gasteiger partial charge is 0.312 e. The third-order valence-electron chi connectivity index (χ3n) is 4.33. The van der Waals surface area contributed by atoms with Crippen LogP contribution in [-0.2, 0) is 27.4 Å². The Kier molecular flexibility index (Phi) is 5.74. The summed E-state index contributed by atoms with van der Waals surface area (Å²) in [5.74, 6) is -0.409. The van der Waals surface area contributed by atoms with Crippen LogP contribution in [0.2, 0.25) is 5.02 Å². The number of amides is 1. The number of anilines is 2. The first-order valence-corrected chi connectivity index (χ1v) is 10.3. The number of aryl methyl sites for hydroxylation is 1. The lowest BCUT2D eigenvalue weighted by Gasteiger charge is -2.28. The molecule has 0 fully saturated rings. The van der Waals surface area contributed by atoms with E-state index in [2.05, 4.69) is 10.4 Å². The first-order valence-electron chi connectivity index (χ1n) is 8.40. The SMILES string of the molecule is CC(=O)N1CCCc2cc(S(=O)(=O)NNc3ncc(C(F)(F)F)cc3Cl)ccc21. The van der Waals surface area contributed by atoms with E-state index in [1.165, 1.54) is 19.1 Å². The predicted octanol–water partition coefficient (Wildman–Crippen LogP) is 3.36. The molecule has 1 aromatic heterocycles. The van der Waals surface area contributed by atoms with Gasteiger partial charge in [0.2, 0.25) is 5.91 Å². The van der Waals surface area contributed by atoms with Crippen molar-refractivity contribution in [2.75, 3.05) is 16.9 Å². The van der Waals surface area contributed by atoms with Crippen LogP contribution < -0.4 is 15.2 Å². The van der Waals surface area contributed by atoms with Crippen molar-refractivity contribution in [3.05, 3.63) is 46.6 Å². The number of hydrogen-bond acceptors (Lipinski definition) is 5. The lowest BCUT2D eigenvalue weighted by molar-refractivity contribution is -0.137. The van der Waals surface area contributed by atoms with E-state index in [0.29, 0.717) is 42.9 Å². The number of nitrogens with zero attached hydrogens (tertiary/aromatic N) is 2. The number of nitrogens with one attached hydrogen (secondary N) is 2. The second kappa shape index (κ2) is 7.81. The van der Waals surface area contributed by atoms with Gasteiger partial charge in [-0.1, -0.05) is 11.6 Å². The highest BCUT2D eigenvalue weighted by molar-refractivity contribution is 7.89. The van der Waals surface area contributed by atoms with Gasteiger partial charge in [0.1, 0.15) is 0 Å². The molecule has 2 aromatic rings. The topological polar surface area (TPSA) is 91.4 Å². The summed E-state index contributed by atoms with van der Waals surface area (Å²) in [4.78, 5) is 18.8. The summed E-state index contributed by atoms with van der Waals surface area (Å²) in [5.41, 5.74) is 2.53. The van der Waals surface area contributed by atoms with Gasteiger partial charge in [0.15, 0.2) is 5.82 Å². The van der Waals surface area contributed by atoms with Crippen LogP contribution in [0.1, 0.15) is 24.5 Å². The van der Waals surface area contributed by atoms with Gasteiger partial charge in [-0.2, -0.15) is 13.2 Å². The minimum atomic E-state index is -4.62. The Bertz CT molecular complexity index is 1060. The lowest BCUT2D eigenvalue weighted by atomic mass is 10.0. The van der Waals surface area contributed by atoms with Crippen LogP contribution in [0.3, 0.4) is 0 Å². The Morgan fingerprint density at radius 3 is 2.62 bits per heavy atom. The van der Waals surface area contributed by atoms with Crippen LogP contribution in [0.5, 0.6) is 0 Å². The van der Waals surface area contributed by atoms with Crippen LogP contribution in [0.15, 0.2) is 35.4 Å². The van der Waals surface area contributed by atoms with Crippen molar-refractivity contribution in [2.24, 2.45) is 0 Å². The highest BCUT2D eigenvalue weighted by Gasteiger charge is 2.31. The Morgan fingerprint density at radius 1 is 1.28 bits per heavy atom. The summed E-state index contributed by atoms with van der Waals surface area (Å²) >= 11 is 5.75. The molecule has 1 aliphatic heterocycles. The van der Waals surface area contributed by atoms with E-state index in [0.717, 1.165) is 0 Å². The van der Waals surface area contributed by atoms with Gasteiger partial charge in [0, 0.05) is 25.4 Å². The van der Waals surface area contributed by atoms with Gasteiger partial charge in [-0.25, -0.2) is 13.4 Å². The fourth-order valence-electron chi connectivity index (χ4n) is 2.93. The summed E-state index contributed by atoms with van der Waals surface area (Å²) in [5, 5.41) is -0.398. The third-order valence-corrected chi connectivity index (χ3v) is 5.87. The molecule has 0 spiro atoms. The fraction of sp³-hybridized carbons (Fsp3) is 0.294. The van der Waals surface area contributed by atoms with E-state index in [1.54, 1.807) is 11.0 Å². The molecule has 2 heterocycles. The molecule has 0 saturated heterocycles. The van der Waals surface area contributed by atoms with Crippen molar-refractivity contribution in [1.82, 2.24) is 9.82 Å². The normalized spacial score (nSPS) is 14.4. The minimum absolute atomic E-state index is 0.0720. The number of fused-ring (bicyclic) bond motifs is 1. The number of halogens is 4. The quantitative estimate of drug-likeness (QED) is 0.700. The molecule has 7 nitrogen and oxygen atoms in total. The van der Waals surface area contributed by atoms with E-state index in [9.17, 15) is 26.4 Å². The summed E-state index contributed by atoms with van der Waals surface area (Å²) in [6, 6.07) is 4.98. The van der Waals surface area contributed by atoms with Gasteiger partial charge in [-0.15, -0.1) is 4.83 Å². The second-order valence-corrected chi connectivity index (χ2v) is 8.44. The van der Waals surface area contributed by atoms with Crippen molar-refractivity contribution in [1.29, 1.82) is 0 Å². The molecule has 0 radical (unpaired) electrons. The maximum Gasteiger partial charge on any atom is 0.417 e. The van der Waals surface area contributed by atoms with Gasteiger partial charge < -0.3 is 4.90 Å². The Labute approximate surface area is 169 Å². The molecule has 156 valence electrons. The number of aromatic nitrogens is 1. The number of rotatable bonds is 4. The van der Waals surface area contributed by atoms with E-state index in [1.807, 2.05) is 4.83 Å². The standard InChI is InChI=1S/C17H16ClF3N4O3S/c1-10(26)25-6-2-3-11-7-13(4-5-15(11)25)29(27,28)24-23-16-14(18)8-12(9-22-16)17(19,20)21/h4-5,7-9,24H,2-3,6H2,1H3,(H,22,23). The van der Waals surface area contributed by atoms with E-state index in [4.69, 9.17) is 11.6 Å². The average molecular weight is 449 g/mol. The average Bonchev–Trinajstić information content (AvgIpc) is 2.65. The van der Waals surface area contributed by atoms with Gasteiger partial charge in [0.25, 0.3) is 10.0 Å². The van der Waals surface area contributed by atoms with E-state index >= 15 is 0 Å². The summed E-state index contributed by atoms with van der Waals surface area (Å²) in [7, 11) is -4.07. The largest absolute Gasteiger partial charge is 0.417 e. The molecule has 0 aliphatic carbocycles. The fourth-order valence-corrected chi connectivity index (χ4v) is 4.03. The first kappa shape index (κ1) is 21.3. The van der Waals surface area contributed by atoms with Gasteiger partial charge in [-0.05, 0) is 42.7 Å². The van der Waals surface area contributed by atoms with Crippen LogP contribution >= 0.6 is 11.6 Å². The van der Waals surface area contributed by atoms with Crippen LogP contribution in [0.25, 0.3) is 0 Å². The summed E-state index contributed by atoms with van der Waals surface area (Å²) in [6.45, 7) is 2.00. The van der Waals surface area contributed by atoms with E-state index in [-0.39, 0.29) is 16.6 Å². The third kappa shape index (κ3) is 4.62. The number of benzene rings is 1. The number of carbonyl (C=O) groups excluding carboxylic acids is 1. The van der Waals surface area contributed by atoms with Crippen LogP contribution in [0.4, 0.5) is 24.7 Å². The molecule has 0 atom stereocenters. The molecule has 0 saturated carbocycles. The zero-order valence-electron chi connectivity index (χ0n) is 15.0. The van der Waals surface area contributed by atoms with Crippen molar-refractivity contribution in [2.45, 2.75) is 30.8 Å². The molecule has 1 aliphatic rings. The molecule has 3 rings (SSSR count). The maximum absolute atomic E-state index is 12.7.